The van der Waals surface area contributed by atoms with Gasteiger partial charge in [0.2, 0.25) is 15.9 Å². The molecule has 1 N–H and O–H groups in total. The van der Waals surface area contributed by atoms with Gasteiger partial charge in [-0.3, -0.25) is 4.79 Å². The molecule has 0 aliphatic carbocycles. The second-order valence-corrected chi connectivity index (χ2v) is 6.89. The summed E-state index contributed by atoms with van der Waals surface area (Å²) in [5, 5.41) is 2.47. The van der Waals surface area contributed by atoms with Crippen molar-refractivity contribution in [1.29, 1.82) is 0 Å². The van der Waals surface area contributed by atoms with Crippen LogP contribution in [0.1, 0.15) is 19.4 Å². The van der Waals surface area contributed by atoms with E-state index in [9.17, 15) is 13.2 Å². The molecule has 0 fully saturated rings. The number of likely N-dealkylation sites (N-methyl/N-ethyl adjacent to an activating group) is 2. The molecule has 0 bridgehead atoms. The highest BCUT2D eigenvalue weighted by molar-refractivity contribution is 7.89. The molecule has 0 saturated heterocycles. The lowest BCUT2D eigenvalue weighted by Crippen LogP contribution is -2.54. The number of nitrogens with one attached hydrogen (secondary N) is 1. The van der Waals surface area contributed by atoms with Crippen molar-refractivity contribution in [3.8, 4) is 0 Å². The van der Waals surface area contributed by atoms with E-state index in [0.29, 0.717) is 0 Å². The zero-order valence-electron chi connectivity index (χ0n) is 11.9. The van der Waals surface area contributed by atoms with E-state index in [2.05, 4.69) is 5.32 Å². The topological polar surface area (TPSA) is 66.5 Å². The number of hydrogen-bond acceptors (Lipinski definition) is 3. The highest BCUT2D eigenvalue weighted by atomic mass is 32.2. The Balaban J connectivity index is 3.20. The molecular weight excluding hydrogens is 264 g/mol. The Labute approximate surface area is 114 Å². The number of carbonyl (C=O) groups is 1. The molecule has 6 heteroatoms. The van der Waals surface area contributed by atoms with Crippen LogP contribution >= 0.6 is 0 Å². The lowest BCUT2D eigenvalue weighted by atomic mass is 10.1. The molecule has 5 nitrogen and oxygen atoms in total. The molecule has 1 amide bonds. The summed E-state index contributed by atoms with van der Waals surface area (Å²) in [5.41, 5.74) is -0.175. The Morgan fingerprint density at radius 1 is 1.21 bits per heavy atom. The van der Waals surface area contributed by atoms with Crippen molar-refractivity contribution < 1.29 is 13.2 Å². The first kappa shape index (κ1) is 15.7. The number of hydrogen-bond donors (Lipinski definition) is 1. The number of carbonyl (C=O) groups excluding carboxylic acids is 1. The zero-order chi connectivity index (χ0) is 14.8. The minimum atomic E-state index is -3.70. The number of aryl methyl sites for hydroxylation is 1. The third-order valence-electron chi connectivity index (χ3n) is 3.25. The summed E-state index contributed by atoms with van der Waals surface area (Å²) in [6.45, 7) is 5.02. The van der Waals surface area contributed by atoms with Crippen LogP contribution in [0, 0.1) is 6.92 Å². The van der Waals surface area contributed by atoms with Gasteiger partial charge >= 0.3 is 0 Å². The van der Waals surface area contributed by atoms with Crippen molar-refractivity contribution >= 4 is 15.9 Å². The number of rotatable bonds is 4. The predicted octanol–water partition coefficient (Wildman–Crippen LogP) is 1.14. The molecule has 106 valence electrons. The first-order chi connectivity index (χ1) is 8.64. The Morgan fingerprint density at radius 2 is 1.68 bits per heavy atom. The Kier molecular flexibility index (Phi) is 4.37. The number of benzene rings is 1. The molecule has 0 aliphatic heterocycles. The fourth-order valence-electron chi connectivity index (χ4n) is 1.62. The van der Waals surface area contributed by atoms with Crippen LogP contribution < -0.4 is 5.32 Å². The summed E-state index contributed by atoms with van der Waals surface area (Å²) in [7, 11) is -0.806. The van der Waals surface area contributed by atoms with Gasteiger partial charge < -0.3 is 5.32 Å². The number of amides is 1. The average Bonchev–Trinajstić information content (AvgIpc) is 2.37. The van der Waals surface area contributed by atoms with Gasteiger partial charge in [0.15, 0.2) is 0 Å². The van der Waals surface area contributed by atoms with Crippen molar-refractivity contribution in [1.82, 2.24) is 9.62 Å². The first-order valence-electron chi connectivity index (χ1n) is 5.92. The molecule has 0 aliphatic rings. The van der Waals surface area contributed by atoms with Gasteiger partial charge in [-0.15, -0.1) is 0 Å². The van der Waals surface area contributed by atoms with Crippen LogP contribution in [0.25, 0.3) is 0 Å². The van der Waals surface area contributed by atoms with Crippen molar-refractivity contribution in [3.05, 3.63) is 29.8 Å². The van der Waals surface area contributed by atoms with Gasteiger partial charge in [0.25, 0.3) is 0 Å². The van der Waals surface area contributed by atoms with Crippen LogP contribution in [0.2, 0.25) is 0 Å². The van der Waals surface area contributed by atoms with Crippen molar-refractivity contribution in [2.24, 2.45) is 0 Å². The van der Waals surface area contributed by atoms with Crippen molar-refractivity contribution in [3.63, 3.8) is 0 Å². The smallest absolute Gasteiger partial charge is 0.243 e. The van der Waals surface area contributed by atoms with E-state index in [0.717, 1.165) is 9.87 Å². The van der Waals surface area contributed by atoms with Crippen LogP contribution in [0.15, 0.2) is 29.2 Å². The molecule has 1 aromatic carbocycles. The van der Waals surface area contributed by atoms with E-state index in [-0.39, 0.29) is 10.8 Å². The summed E-state index contributed by atoms with van der Waals surface area (Å²) in [6.07, 6.45) is 0. The van der Waals surface area contributed by atoms with Gasteiger partial charge in [-0.2, -0.15) is 4.31 Å². The molecule has 0 saturated carbocycles. The van der Waals surface area contributed by atoms with E-state index in [1.54, 1.807) is 38.1 Å². The maximum atomic E-state index is 12.5. The molecule has 0 heterocycles. The number of sulfonamides is 1. The standard InChI is InChI=1S/C13H20N2O3S/c1-10-6-8-11(9-7-10)19(17,18)15(5)13(2,3)12(16)14-4/h6-9H,1-5H3,(H,14,16). The largest absolute Gasteiger partial charge is 0.358 e. The molecule has 0 spiro atoms. The van der Waals surface area contributed by atoms with Gasteiger partial charge in [-0.05, 0) is 32.9 Å². The van der Waals surface area contributed by atoms with Crippen molar-refractivity contribution in [2.45, 2.75) is 31.2 Å². The highest BCUT2D eigenvalue weighted by Gasteiger charge is 2.39. The van der Waals surface area contributed by atoms with Crippen LogP contribution in [0.3, 0.4) is 0 Å². The summed E-state index contributed by atoms with van der Waals surface area (Å²) in [4.78, 5) is 12.0. The summed E-state index contributed by atoms with van der Waals surface area (Å²) in [5.74, 6) is -0.356. The highest BCUT2D eigenvalue weighted by Crippen LogP contribution is 2.23. The lowest BCUT2D eigenvalue weighted by Gasteiger charge is -2.32. The summed E-state index contributed by atoms with van der Waals surface area (Å²) in [6, 6.07) is 6.55. The maximum Gasteiger partial charge on any atom is 0.243 e. The van der Waals surface area contributed by atoms with E-state index in [1.807, 2.05) is 6.92 Å². The van der Waals surface area contributed by atoms with Crippen LogP contribution in [-0.4, -0.2) is 38.3 Å². The maximum absolute atomic E-state index is 12.5. The third-order valence-corrected chi connectivity index (χ3v) is 5.29. The second-order valence-electron chi connectivity index (χ2n) is 4.92. The molecule has 0 atom stereocenters. The average molecular weight is 284 g/mol. The SMILES string of the molecule is CNC(=O)C(C)(C)N(C)S(=O)(=O)c1ccc(C)cc1. The first-order valence-corrected chi connectivity index (χ1v) is 7.36. The Hall–Kier alpha value is -1.40. The van der Waals surface area contributed by atoms with E-state index >= 15 is 0 Å². The molecule has 0 unspecified atom stereocenters. The lowest BCUT2D eigenvalue weighted by molar-refractivity contribution is -0.128. The zero-order valence-corrected chi connectivity index (χ0v) is 12.7. The fourth-order valence-corrected chi connectivity index (χ4v) is 3.10. The van der Waals surface area contributed by atoms with Gasteiger partial charge in [0, 0.05) is 14.1 Å². The van der Waals surface area contributed by atoms with E-state index in [4.69, 9.17) is 0 Å². The monoisotopic (exact) mass is 284 g/mol. The molecule has 1 rings (SSSR count). The van der Waals surface area contributed by atoms with Gasteiger partial charge in [0.1, 0.15) is 5.54 Å². The van der Waals surface area contributed by atoms with Crippen LogP contribution in [-0.2, 0) is 14.8 Å². The third kappa shape index (κ3) is 2.96. The van der Waals surface area contributed by atoms with Gasteiger partial charge in [0.05, 0.1) is 4.90 Å². The molecular formula is C13H20N2O3S. The molecule has 1 aromatic rings. The second kappa shape index (κ2) is 5.30. The van der Waals surface area contributed by atoms with Crippen molar-refractivity contribution in [2.75, 3.05) is 14.1 Å². The van der Waals surface area contributed by atoms with E-state index in [1.165, 1.54) is 14.1 Å². The van der Waals surface area contributed by atoms with Crippen LogP contribution in [0.4, 0.5) is 0 Å². The van der Waals surface area contributed by atoms with Crippen LogP contribution in [0.5, 0.6) is 0 Å². The van der Waals surface area contributed by atoms with Gasteiger partial charge in [-0.25, -0.2) is 8.42 Å². The Bertz CT molecular complexity index is 562. The molecule has 0 aromatic heterocycles. The minimum Gasteiger partial charge on any atom is -0.358 e. The molecule has 0 radical (unpaired) electrons. The normalized spacial score (nSPS) is 12.5. The summed E-state index contributed by atoms with van der Waals surface area (Å²) >= 11 is 0. The number of nitrogens with zero attached hydrogens (tertiary/aromatic N) is 1. The quantitative estimate of drug-likeness (QED) is 0.901. The van der Waals surface area contributed by atoms with E-state index < -0.39 is 15.6 Å². The Morgan fingerprint density at radius 3 is 2.11 bits per heavy atom. The van der Waals surface area contributed by atoms with Gasteiger partial charge in [-0.1, -0.05) is 17.7 Å². The molecule has 19 heavy (non-hydrogen) atoms. The predicted molar refractivity (Wildman–Crippen MR) is 74.3 cm³/mol. The fraction of sp³-hybridized carbons (Fsp3) is 0.462. The summed E-state index contributed by atoms with van der Waals surface area (Å²) < 4.78 is 26.0. The minimum absolute atomic E-state index is 0.178.